The van der Waals surface area contributed by atoms with Gasteiger partial charge in [0.2, 0.25) is 17.4 Å². The van der Waals surface area contributed by atoms with Gasteiger partial charge in [0.1, 0.15) is 21.1 Å². The molecule has 6 rings (SSSR count). The predicted octanol–water partition coefficient (Wildman–Crippen LogP) is 9.61. The Bertz CT molecular complexity index is 1620. The van der Waals surface area contributed by atoms with Crippen LogP contribution in [0, 0.1) is 29.2 Å². The lowest BCUT2D eigenvalue weighted by Gasteiger charge is -2.33. The van der Waals surface area contributed by atoms with E-state index < -0.39 is 62.0 Å². The average molecular weight is 722 g/mol. The van der Waals surface area contributed by atoms with E-state index >= 15 is 0 Å². The first-order valence-electron chi connectivity index (χ1n) is 18.4. The molecule has 7 nitrogen and oxygen atoms in total. The van der Waals surface area contributed by atoms with Crippen molar-refractivity contribution in [2.75, 3.05) is 0 Å². The van der Waals surface area contributed by atoms with Crippen LogP contribution in [0.2, 0.25) is 0 Å². The molecule has 4 aliphatic carbocycles. The molecule has 0 unspecified atom stereocenters. The zero-order valence-corrected chi connectivity index (χ0v) is 29.1. The Hall–Kier alpha value is -2.99. The quantitative estimate of drug-likeness (QED) is 0.0878. The highest BCUT2D eigenvalue weighted by Crippen LogP contribution is 2.45. The third kappa shape index (κ3) is 7.91. The fourth-order valence-corrected chi connectivity index (χ4v) is 9.42. The van der Waals surface area contributed by atoms with Crippen molar-refractivity contribution in [1.82, 2.24) is 0 Å². The van der Waals surface area contributed by atoms with Crippen LogP contribution in [-0.4, -0.2) is 31.0 Å². The lowest BCUT2D eigenvalue weighted by atomic mass is 9.73. The summed E-state index contributed by atoms with van der Waals surface area (Å²) in [4.78, 5) is 24.8. The van der Waals surface area contributed by atoms with Gasteiger partial charge in [-0.25, -0.2) is 22.0 Å². The number of esters is 2. The molecule has 4 aliphatic rings. The largest absolute Gasteiger partial charge is 0.744 e. The van der Waals surface area contributed by atoms with E-state index in [1.807, 2.05) is 0 Å². The average Bonchev–Trinajstić information content (AvgIpc) is 3.13. The minimum atomic E-state index is -5.90. The van der Waals surface area contributed by atoms with Gasteiger partial charge in [0.15, 0.2) is 11.6 Å². The van der Waals surface area contributed by atoms with Gasteiger partial charge < -0.3 is 14.0 Å². The number of carbonyl (C=O) groups is 2. The van der Waals surface area contributed by atoms with Crippen LogP contribution in [0.4, 0.5) is 17.6 Å². The highest BCUT2D eigenvalue weighted by atomic mass is 32.2. The van der Waals surface area contributed by atoms with Gasteiger partial charge in [0, 0.05) is 0 Å². The fourth-order valence-electron chi connectivity index (χ4n) is 8.80. The molecule has 0 heterocycles. The molecule has 50 heavy (non-hydrogen) atoms. The van der Waals surface area contributed by atoms with Gasteiger partial charge in [0.25, 0.3) is 0 Å². The smallest absolute Gasteiger partial charge is 0.338 e. The Morgan fingerprint density at radius 3 is 1.50 bits per heavy atom. The summed E-state index contributed by atoms with van der Waals surface area (Å²) in [5.41, 5.74) is 4.31. The number of rotatable bonds is 8. The van der Waals surface area contributed by atoms with Crippen LogP contribution in [-0.2, 0) is 19.6 Å². The number of carbonyl (C=O) groups excluding carboxylic acids is 2. The van der Waals surface area contributed by atoms with Crippen LogP contribution < -0.4 is 4.74 Å². The van der Waals surface area contributed by atoms with E-state index in [1.54, 1.807) is 0 Å². The number of benzene rings is 2. The topological polar surface area (TPSA) is 110 Å². The third-order valence-electron chi connectivity index (χ3n) is 11.5. The van der Waals surface area contributed by atoms with E-state index in [2.05, 4.69) is 16.9 Å². The molecular weight excluding hydrogens is 676 g/mol. The summed E-state index contributed by atoms with van der Waals surface area (Å²) in [6.45, 7) is 0. The molecule has 2 aromatic carbocycles. The van der Waals surface area contributed by atoms with E-state index in [0.29, 0.717) is 23.3 Å². The van der Waals surface area contributed by atoms with Crippen molar-refractivity contribution in [1.29, 1.82) is 0 Å². The van der Waals surface area contributed by atoms with Crippen LogP contribution in [0.5, 0.6) is 5.75 Å². The summed E-state index contributed by atoms with van der Waals surface area (Å²) < 4.78 is 102. The van der Waals surface area contributed by atoms with Crippen molar-refractivity contribution in [2.24, 2.45) is 5.92 Å². The van der Waals surface area contributed by atoms with Crippen LogP contribution in [0.1, 0.15) is 167 Å². The minimum Gasteiger partial charge on any atom is -0.744 e. The molecule has 0 bridgehead atoms. The molecule has 0 atom stereocenters. The van der Waals surface area contributed by atoms with Gasteiger partial charge in [-0.15, -0.1) is 0 Å². The molecule has 0 radical (unpaired) electrons. The standard InChI is InChI=1S/C38H46F4O7S/c39-31-33(41)36(50(45,46)47)34(42)32(40)35(31)49-37(43)25-16-18-27(19-17-25)48-38(44)30-28(23-12-6-2-7-13-23)20-26(22-10-4-1-5-11-22)21-29(30)24-14-8-3-9-15-24/h20-25,27H,1-19H2,(H,45,46,47)/p-1. The van der Waals surface area contributed by atoms with Crippen molar-refractivity contribution >= 4 is 22.1 Å². The maximum Gasteiger partial charge on any atom is 0.338 e. The number of hydrogen-bond donors (Lipinski definition) is 0. The Balaban J connectivity index is 1.20. The van der Waals surface area contributed by atoms with E-state index in [0.717, 1.165) is 62.5 Å². The van der Waals surface area contributed by atoms with E-state index in [9.17, 15) is 40.1 Å². The summed E-state index contributed by atoms with van der Waals surface area (Å²) in [7, 11) is -5.90. The lowest BCUT2D eigenvalue weighted by molar-refractivity contribution is -0.141. The molecule has 0 amide bonds. The number of hydrogen-bond acceptors (Lipinski definition) is 7. The maximum atomic E-state index is 14.5. The SMILES string of the molecule is O=C(OC1CCC(C(=O)Oc2c(F)c(F)c(S(=O)(=O)[O-])c(F)c2F)CC1)c1c(C2CCCCC2)cc(C2CCCCC2)cc1C1CCCCC1. The van der Waals surface area contributed by atoms with E-state index in [1.165, 1.54) is 50.5 Å². The monoisotopic (exact) mass is 721 g/mol. The second-order valence-electron chi connectivity index (χ2n) is 14.7. The normalized spacial score (nSPS) is 23.1. The van der Waals surface area contributed by atoms with Gasteiger partial charge in [-0.2, -0.15) is 8.78 Å². The van der Waals surface area contributed by atoms with Crippen molar-refractivity contribution in [2.45, 2.75) is 151 Å². The van der Waals surface area contributed by atoms with Crippen LogP contribution in [0.25, 0.3) is 0 Å². The molecule has 0 saturated heterocycles. The summed E-state index contributed by atoms with van der Waals surface area (Å²) in [6.07, 6.45) is 17.3. The second-order valence-corrected chi connectivity index (χ2v) is 16.1. The Morgan fingerprint density at radius 2 is 1.06 bits per heavy atom. The molecule has 2 aromatic rings. The number of halogens is 4. The zero-order chi connectivity index (χ0) is 35.6. The van der Waals surface area contributed by atoms with Gasteiger partial charge in [-0.3, -0.25) is 4.79 Å². The molecule has 0 aromatic heterocycles. The maximum absolute atomic E-state index is 14.5. The van der Waals surface area contributed by atoms with Gasteiger partial charge in [-0.1, -0.05) is 69.9 Å². The summed E-state index contributed by atoms with van der Waals surface area (Å²) in [5.74, 6) is -12.7. The van der Waals surface area contributed by atoms with Crippen molar-refractivity contribution < 1.29 is 49.6 Å². The van der Waals surface area contributed by atoms with Crippen LogP contribution >= 0.6 is 0 Å². The summed E-state index contributed by atoms with van der Waals surface area (Å²) in [5, 5.41) is 0. The molecule has 12 heteroatoms. The second kappa shape index (κ2) is 15.7. The molecule has 0 N–H and O–H groups in total. The Kier molecular flexibility index (Phi) is 11.6. The zero-order valence-electron chi connectivity index (χ0n) is 28.3. The van der Waals surface area contributed by atoms with Gasteiger partial charge >= 0.3 is 11.9 Å². The number of ether oxygens (including phenoxy) is 2. The predicted molar refractivity (Wildman–Crippen MR) is 175 cm³/mol. The highest BCUT2D eigenvalue weighted by Gasteiger charge is 2.36. The van der Waals surface area contributed by atoms with Crippen LogP contribution in [0.3, 0.4) is 0 Å². The highest BCUT2D eigenvalue weighted by molar-refractivity contribution is 7.85. The Morgan fingerprint density at radius 1 is 0.620 bits per heavy atom. The molecule has 274 valence electrons. The van der Waals surface area contributed by atoms with E-state index in [4.69, 9.17) is 4.74 Å². The van der Waals surface area contributed by atoms with E-state index in [-0.39, 0.29) is 31.7 Å². The third-order valence-corrected chi connectivity index (χ3v) is 12.4. The lowest BCUT2D eigenvalue weighted by Crippen LogP contribution is -2.31. The van der Waals surface area contributed by atoms with Gasteiger partial charge in [0.05, 0.1) is 11.5 Å². The fraction of sp³-hybridized carbons (Fsp3) is 0.632. The molecule has 4 fully saturated rings. The Labute approximate surface area is 291 Å². The first-order chi connectivity index (χ1) is 23.9. The van der Waals surface area contributed by atoms with Gasteiger partial charge in [-0.05, 0) is 98.7 Å². The van der Waals surface area contributed by atoms with Crippen LogP contribution in [0.15, 0.2) is 17.0 Å². The minimum absolute atomic E-state index is 0.115. The summed E-state index contributed by atoms with van der Waals surface area (Å²) in [6, 6.07) is 4.62. The molecule has 0 spiro atoms. The first-order valence-corrected chi connectivity index (χ1v) is 19.8. The molecule has 0 aliphatic heterocycles. The molecular formula is C38H45F4O7S-. The summed E-state index contributed by atoms with van der Waals surface area (Å²) >= 11 is 0. The van der Waals surface area contributed by atoms with Crippen molar-refractivity contribution in [3.63, 3.8) is 0 Å². The molecule has 4 saturated carbocycles. The van der Waals surface area contributed by atoms with Crippen molar-refractivity contribution in [3.8, 4) is 5.75 Å². The first kappa shape index (κ1) is 36.8. The van der Waals surface area contributed by atoms with Crippen molar-refractivity contribution in [3.05, 3.63) is 57.7 Å².